The molecule has 8 fully saturated rings. The first-order valence-corrected chi connectivity index (χ1v) is 45.8. The number of carbonyl (C=O) groups excluding carboxylic acids is 9. The summed E-state index contributed by atoms with van der Waals surface area (Å²) < 4.78 is 121. The minimum absolute atomic E-state index is 0. The SMILES string of the molecule is CC(=O)O[C@@]12COC1C[C@H](O)[C@@]1(C)[C@@H]3OC(C(O)CO)O[C@@H]3C3=C(C)[C@@H](OC(=O)[C@H](O)[C@@H](NC(=O)OC(C)(C)C)c4ccccc4)C[C@@](O)([C@@H](OC(=O)c4ccccc4)[C@@H]12)C3(C)C.CC(=O)O[C@@]12COC1C[C@H](O)[C@@]1(C)[C@@H]3OC(C=O)O[C@@H]3C3=C(C)[C@@H](OC(=O)[C@H](O)[C@@H](NC(=O)OC(C)(C)C)c4ccccc4)C[C@@](O)([C@@H](OC(=O)c4ccccc4)[C@@H]12)C3(C)C.F.[HH].[Na+].[O-][I+3]([O-])([O-])[O-]. The smallest absolute Gasteiger partial charge is 0.456 e. The monoisotopic (exact) mass is 1970 g/mol. The number of alkyl carbamates (subject to hydrolysis) is 2. The Bertz CT molecular complexity index is 4890. The Labute approximate surface area is 785 Å². The van der Waals surface area contributed by atoms with Gasteiger partial charge in [-0.2, -0.15) is 0 Å². The summed E-state index contributed by atoms with van der Waals surface area (Å²) in [5.41, 5.74) is -13.5. The number of esters is 6. The van der Waals surface area contributed by atoms with Crippen LogP contribution < -0.4 is 74.0 Å². The molecule has 4 aliphatic heterocycles. The Kier molecular flexibility index (Phi) is 31.8. The van der Waals surface area contributed by atoms with Crippen LogP contribution in [0.3, 0.4) is 0 Å². The van der Waals surface area contributed by atoms with Gasteiger partial charge in [-0.15, -0.1) is 0 Å². The van der Waals surface area contributed by atoms with Crippen molar-refractivity contribution in [1.29, 1.82) is 0 Å². The van der Waals surface area contributed by atoms with Crippen LogP contribution >= 0.6 is 0 Å². The molecule has 4 bridgehead atoms. The van der Waals surface area contributed by atoms with Gasteiger partial charge in [0.1, 0.15) is 97.4 Å². The van der Waals surface area contributed by atoms with Crippen molar-refractivity contribution in [2.24, 2.45) is 33.5 Å². The van der Waals surface area contributed by atoms with E-state index in [9.17, 15) is 84.0 Å². The van der Waals surface area contributed by atoms with Gasteiger partial charge in [-0.3, -0.25) is 32.8 Å². The molecular weight excluding hydrogens is 1850 g/mol. The van der Waals surface area contributed by atoms with Crippen molar-refractivity contribution in [2.45, 2.75) is 286 Å². The maximum Gasteiger partial charge on any atom is 1.00 e. The molecule has 2 amide bonds. The summed E-state index contributed by atoms with van der Waals surface area (Å²) in [4.78, 5) is 122. The van der Waals surface area contributed by atoms with Crippen LogP contribution in [0.2, 0.25) is 0 Å². The molecule has 5 unspecified atom stereocenters. The number of fused-ring (bicyclic) bond motifs is 16. The van der Waals surface area contributed by atoms with Gasteiger partial charge in [0.2, 0.25) is 6.29 Å². The third-order valence-corrected chi connectivity index (χ3v) is 27.2. The molecule has 27 atom stereocenters. The molecule has 716 valence electrons. The van der Waals surface area contributed by atoms with E-state index in [1.807, 2.05) is 0 Å². The number of aliphatic hydroxyl groups excluding tert-OH is 6. The van der Waals surface area contributed by atoms with Crippen LogP contribution in [0.15, 0.2) is 144 Å². The van der Waals surface area contributed by atoms with E-state index in [1.165, 1.54) is 38.1 Å². The van der Waals surface area contributed by atoms with Crippen molar-refractivity contribution in [3.63, 3.8) is 0 Å². The summed E-state index contributed by atoms with van der Waals surface area (Å²) in [5.74, 6) is -8.15. The first-order chi connectivity index (χ1) is 60.1. The van der Waals surface area contributed by atoms with Crippen molar-refractivity contribution in [1.82, 2.24) is 10.6 Å². The molecule has 6 aliphatic carbocycles. The number of ether oxygens (including phenoxy) is 14. The third kappa shape index (κ3) is 20.2. The van der Waals surface area contributed by atoms with Gasteiger partial charge >= 0.3 is 77.6 Å². The Morgan fingerprint density at radius 3 is 1.19 bits per heavy atom. The fourth-order valence-electron chi connectivity index (χ4n) is 21.1. The Morgan fingerprint density at radius 2 is 0.878 bits per heavy atom. The molecular formula is C91H117FIN2NaO35. The number of aliphatic hydroxyl groups is 8. The van der Waals surface area contributed by atoms with Gasteiger partial charge in [-0.25, -0.2) is 28.8 Å². The Morgan fingerprint density at radius 1 is 0.542 bits per heavy atom. The zero-order valence-corrected chi connectivity index (χ0v) is 79.7. The average Bonchev–Trinajstić information content (AvgIpc) is 1.21. The number of nitrogens with one attached hydrogen (secondary N) is 2. The number of hydrogen-bond acceptors (Lipinski definition) is 35. The number of carbonyl (C=O) groups is 9. The quantitative estimate of drug-likeness (QED) is 0.0107. The van der Waals surface area contributed by atoms with Crippen molar-refractivity contribution < 1.29 is 220 Å². The van der Waals surface area contributed by atoms with E-state index in [2.05, 4.69) is 10.6 Å². The molecule has 4 saturated carbocycles. The summed E-state index contributed by atoms with van der Waals surface area (Å²) in [5, 5.41) is 102. The van der Waals surface area contributed by atoms with Gasteiger partial charge in [-0.1, -0.05) is 139 Å². The van der Waals surface area contributed by atoms with E-state index in [1.54, 1.807) is 194 Å². The standard InChI is InChI=1S/C46H59NO16.C45H55NO15.FH.IO4.Na.H2/c1-23-28(58-39(54)33(52)32(25-15-11-9-12-16-25)47-41(55)63-42(3,4)5)20-46(56)37(60-38(53)26-17-13-10-14-18-26)35-44(8,29(51)19-30-45(35,22-57-30)62-24(2)49)36-34(31(23)43(46,6)7)59-40(61-36)27(50)21-48;1-23-27(56-39(52)33(50)32(25-15-11-9-12-16-25)46-40(53)61-41(3,4)5)20-45(54)37(59-38(51)26-17-13-10-14-18-26)35-43(8,28(49)19-29-44(35,22-55-29)60-24(2)48)36-34(31(23)42(45,6)7)57-30(21-47)58-36;;2-1(3,4)5;;/h9-18,27-30,32-37,40,48,50-52,56H,19-22H2,1-8H3,(H,47,55);9-18,21,27-30,32-37,49-50,54H,19-20,22H2,1-8H3,(H,46,53);1H;;;1H/q;;;-1;+1;/t27?,28-,29-,30?,32-,33+,34+,35-,36+,37-,40?,44+,45-,46+;27-,28-,29?,30?,32-,33+,34+,35-,36+,37-,43+,44-,45+;;;;/m00..../s1. The number of hydrogen-bond donors (Lipinski definition) is 10. The Hall–Kier alpha value is -7.67. The zero-order chi connectivity index (χ0) is 95.0. The number of benzene rings is 4. The zero-order valence-electron chi connectivity index (χ0n) is 75.6. The molecule has 14 rings (SSSR count). The van der Waals surface area contributed by atoms with E-state index >= 15 is 0 Å². The third-order valence-electron chi connectivity index (χ3n) is 27.2. The second-order valence-corrected chi connectivity index (χ2v) is 40.2. The van der Waals surface area contributed by atoms with E-state index in [0.29, 0.717) is 39.7 Å². The minimum atomic E-state index is -5.94. The summed E-state index contributed by atoms with van der Waals surface area (Å²) in [6.07, 6.45) is -26.5. The van der Waals surface area contributed by atoms with Crippen LogP contribution in [-0.2, 0) is 90.3 Å². The van der Waals surface area contributed by atoms with Gasteiger partial charge < -0.3 is 118 Å². The second kappa shape index (κ2) is 39.6. The molecule has 0 spiro atoms. The molecule has 4 saturated heterocycles. The van der Waals surface area contributed by atoms with Gasteiger partial charge in [0.05, 0.1) is 79.3 Å². The number of halogens is 2. The normalized spacial score (nSPS) is 34.3. The van der Waals surface area contributed by atoms with Crippen LogP contribution in [0.1, 0.15) is 182 Å². The maximum absolute atomic E-state index is 14.4. The van der Waals surface area contributed by atoms with Gasteiger partial charge in [0, 0.05) is 62.6 Å². The molecule has 4 heterocycles. The van der Waals surface area contributed by atoms with Gasteiger partial charge in [0.25, 0.3) is 0 Å². The van der Waals surface area contributed by atoms with Crippen LogP contribution in [0.4, 0.5) is 14.3 Å². The fraction of sp³-hybridized carbons (Fsp3) is 0.593. The molecule has 4 aromatic rings. The van der Waals surface area contributed by atoms with Crippen molar-refractivity contribution in [3.05, 3.63) is 166 Å². The molecule has 37 nitrogen and oxygen atoms in total. The summed E-state index contributed by atoms with van der Waals surface area (Å²) >= 11 is -5.94. The molecule has 10 aliphatic rings. The Balaban J connectivity index is 0.000000277. The summed E-state index contributed by atoms with van der Waals surface area (Å²) in [7, 11) is 0. The first-order valence-electron chi connectivity index (χ1n) is 42.3. The molecule has 131 heavy (non-hydrogen) atoms. The topological polar surface area (TPSA) is 561 Å². The van der Waals surface area contributed by atoms with Crippen molar-refractivity contribution in [3.8, 4) is 0 Å². The van der Waals surface area contributed by atoms with Crippen LogP contribution in [0.25, 0.3) is 0 Å². The van der Waals surface area contributed by atoms with E-state index in [0.717, 1.165) is 0 Å². The number of amides is 2. The average molecular weight is 1970 g/mol. The molecule has 4 aromatic carbocycles. The fourth-order valence-corrected chi connectivity index (χ4v) is 21.1. The van der Waals surface area contributed by atoms with Crippen LogP contribution in [0, 0.1) is 33.5 Å². The van der Waals surface area contributed by atoms with Gasteiger partial charge in [0.15, 0.2) is 36.0 Å². The van der Waals surface area contributed by atoms with E-state index in [4.69, 9.17) is 80.1 Å². The molecule has 10 N–H and O–H groups in total. The van der Waals surface area contributed by atoms with Crippen LogP contribution in [0.5, 0.6) is 0 Å². The second-order valence-electron chi connectivity index (χ2n) is 38.0. The van der Waals surface area contributed by atoms with E-state index in [-0.39, 0.29) is 72.9 Å². The summed E-state index contributed by atoms with van der Waals surface area (Å²) in [6, 6.07) is 29.8. The van der Waals surface area contributed by atoms with Gasteiger partial charge in [-0.05, 0) is 113 Å². The van der Waals surface area contributed by atoms with E-state index < -0.39 is 271 Å². The predicted molar refractivity (Wildman–Crippen MR) is 436 cm³/mol. The maximum atomic E-state index is 14.4. The number of aldehydes is 1. The number of rotatable bonds is 19. The molecule has 0 radical (unpaired) electrons. The van der Waals surface area contributed by atoms with Crippen molar-refractivity contribution in [2.75, 3.05) is 19.8 Å². The predicted octanol–water partition coefficient (Wildman–Crippen LogP) is -3.92. The molecule has 40 heteroatoms. The van der Waals surface area contributed by atoms with Crippen molar-refractivity contribution >= 4 is 54.3 Å². The first kappa shape index (κ1) is 105. The van der Waals surface area contributed by atoms with Crippen LogP contribution in [-0.4, -0.2) is 253 Å². The largest absolute Gasteiger partial charge is 1.00 e. The minimum Gasteiger partial charge on any atom is -0.456 e. The molecule has 0 aromatic heterocycles. The summed E-state index contributed by atoms with van der Waals surface area (Å²) in [6.45, 7) is 24.6.